The first kappa shape index (κ1) is 17.1. The molecular weight excluding hydrogens is 320 g/mol. The maximum Gasteiger partial charge on any atom is 0.251 e. The van der Waals surface area contributed by atoms with Crippen LogP contribution in [-0.4, -0.2) is 46.5 Å². The molecule has 132 valence electrons. The zero-order valence-corrected chi connectivity index (χ0v) is 14.7. The molecule has 2 aromatic rings. The zero-order valence-electron chi connectivity index (χ0n) is 14.7. The summed E-state index contributed by atoms with van der Waals surface area (Å²) in [6, 6.07) is 6.41. The summed E-state index contributed by atoms with van der Waals surface area (Å²) in [5.41, 5.74) is 1.17. The molecule has 3 rings (SSSR count). The van der Waals surface area contributed by atoms with E-state index in [0.29, 0.717) is 35.3 Å². The summed E-state index contributed by atoms with van der Waals surface area (Å²) in [5, 5.41) is 6.72. The Balaban J connectivity index is 1.71. The standard InChI is InChI=1S/C18H22N4O3/c1-4-22(3)18(24)11(2)19-16(23)14-7-5-6-13(10-14)15-20-17(25-21-15)12-8-9-12/h5-7,10-12H,4,8-9H2,1-3H3,(H,19,23)/t11-/m1/s1. The Bertz CT molecular complexity index is 782. The smallest absolute Gasteiger partial charge is 0.251 e. The molecule has 1 aromatic heterocycles. The molecule has 1 aromatic carbocycles. The summed E-state index contributed by atoms with van der Waals surface area (Å²) in [5.74, 6) is 1.09. The van der Waals surface area contributed by atoms with Crippen LogP contribution in [0.5, 0.6) is 0 Å². The van der Waals surface area contributed by atoms with Crippen molar-refractivity contribution in [2.45, 2.75) is 38.6 Å². The Hall–Kier alpha value is -2.70. The number of aromatic nitrogens is 2. The Labute approximate surface area is 146 Å². The second kappa shape index (κ2) is 7.04. The number of carbonyl (C=O) groups is 2. The monoisotopic (exact) mass is 342 g/mol. The predicted molar refractivity (Wildman–Crippen MR) is 91.9 cm³/mol. The van der Waals surface area contributed by atoms with E-state index in [1.54, 1.807) is 37.1 Å². The van der Waals surface area contributed by atoms with Crippen LogP contribution in [0, 0.1) is 0 Å². The molecular formula is C18H22N4O3. The fourth-order valence-corrected chi connectivity index (χ4v) is 2.48. The molecule has 0 saturated heterocycles. The molecule has 25 heavy (non-hydrogen) atoms. The molecule has 1 atom stereocenters. The van der Waals surface area contributed by atoms with Crippen LogP contribution < -0.4 is 5.32 Å². The normalized spacial score (nSPS) is 14.8. The Morgan fingerprint density at radius 3 is 2.84 bits per heavy atom. The molecule has 7 nitrogen and oxygen atoms in total. The first-order valence-electron chi connectivity index (χ1n) is 8.49. The summed E-state index contributed by atoms with van der Waals surface area (Å²) in [4.78, 5) is 30.5. The van der Waals surface area contributed by atoms with Gasteiger partial charge >= 0.3 is 0 Å². The molecule has 1 aliphatic rings. The van der Waals surface area contributed by atoms with Gasteiger partial charge in [-0.2, -0.15) is 4.98 Å². The molecule has 1 aliphatic carbocycles. The summed E-state index contributed by atoms with van der Waals surface area (Å²) in [7, 11) is 1.71. The van der Waals surface area contributed by atoms with Crippen molar-refractivity contribution in [3.63, 3.8) is 0 Å². The van der Waals surface area contributed by atoms with Gasteiger partial charge in [-0.25, -0.2) is 0 Å². The molecule has 1 N–H and O–H groups in total. The van der Waals surface area contributed by atoms with Gasteiger partial charge in [0.1, 0.15) is 6.04 Å². The summed E-state index contributed by atoms with van der Waals surface area (Å²) in [6.07, 6.45) is 2.17. The summed E-state index contributed by atoms with van der Waals surface area (Å²) >= 11 is 0. The van der Waals surface area contributed by atoms with Crippen molar-refractivity contribution < 1.29 is 14.1 Å². The number of carbonyl (C=O) groups excluding carboxylic acids is 2. The highest BCUT2D eigenvalue weighted by Crippen LogP contribution is 2.39. The number of hydrogen-bond acceptors (Lipinski definition) is 5. The third-order valence-electron chi connectivity index (χ3n) is 4.32. The molecule has 1 saturated carbocycles. The summed E-state index contributed by atoms with van der Waals surface area (Å²) in [6.45, 7) is 4.16. The van der Waals surface area contributed by atoms with Crippen LogP contribution in [0.25, 0.3) is 11.4 Å². The largest absolute Gasteiger partial charge is 0.344 e. The van der Waals surface area contributed by atoms with Crippen molar-refractivity contribution in [2.75, 3.05) is 13.6 Å². The van der Waals surface area contributed by atoms with Crippen LogP contribution in [-0.2, 0) is 4.79 Å². The molecule has 1 heterocycles. The predicted octanol–water partition coefficient (Wildman–Crippen LogP) is 2.21. The molecule has 2 amide bonds. The van der Waals surface area contributed by atoms with Crippen LogP contribution in [0.15, 0.2) is 28.8 Å². The minimum Gasteiger partial charge on any atom is -0.344 e. The van der Waals surface area contributed by atoms with E-state index >= 15 is 0 Å². The Morgan fingerprint density at radius 1 is 1.40 bits per heavy atom. The third kappa shape index (κ3) is 3.87. The van der Waals surface area contributed by atoms with Crippen LogP contribution in [0.1, 0.15) is 48.9 Å². The van der Waals surface area contributed by atoms with Crippen molar-refractivity contribution in [2.24, 2.45) is 0 Å². The van der Waals surface area contributed by atoms with E-state index in [1.807, 2.05) is 13.0 Å². The highest BCUT2D eigenvalue weighted by Gasteiger charge is 2.29. The minimum atomic E-state index is -0.590. The van der Waals surface area contributed by atoms with Gasteiger partial charge < -0.3 is 14.7 Å². The van der Waals surface area contributed by atoms with Crippen molar-refractivity contribution >= 4 is 11.8 Å². The van der Waals surface area contributed by atoms with E-state index in [2.05, 4.69) is 15.5 Å². The van der Waals surface area contributed by atoms with Crippen molar-refractivity contribution in [3.8, 4) is 11.4 Å². The number of amides is 2. The molecule has 0 radical (unpaired) electrons. The second-order valence-corrected chi connectivity index (χ2v) is 6.36. The van der Waals surface area contributed by atoms with Gasteiger partial charge in [-0.15, -0.1) is 0 Å². The molecule has 0 bridgehead atoms. The lowest BCUT2D eigenvalue weighted by molar-refractivity contribution is -0.131. The van der Waals surface area contributed by atoms with Gasteiger partial charge in [-0.05, 0) is 38.8 Å². The second-order valence-electron chi connectivity index (χ2n) is 6.36. The maximum atomic E-state index is 12.4. The van der Waals surface area contributed by atoms with E-state index in [0.717, 1.165) is 12.8 Å². The number of likely N-dealkylation sites (N-methyl/N-ethyl adjacent to an activating group) is 1. The lowest BCUT2D eigenvalue weighted by atomic mass is 10.1. The van der Waals surface area contributed by atoms with E-state index in [-0.39, 0.29) is 11.8 Å². The van der Waals surface area contributed by atoms with E-state index in [1.165, 1.54) is 0 Å². The first-order chi connectivity index (χ1) is 12.0. The fourth-order valence-electron chi connectivity index (χ4n) is 2.48. The fraction of sp³-hybridized carbons (Fsp3) is 0.444. The molecule has 0 aliphatic heterocycles. The quantitative estimate of drug-likeness (QED) is 0.869. The number of benzene rings is 1. The Morgan fingerprint density at radius 2 is 2.16 bits per heavy atom. The SMILES string of the molecule is CCN(C)C(=O)[C@@H](C)NC(=O)c1cccc(-c2noc(C3CC3)n2)c1. The highest BCUT2D eigenvalue weighted by atomic mass is 16.5. The minimum absolute atomic E-state index is 0.126. The lowest BCUT2D eigenvalue weighted by Crippen LogP contribution is -2.45. The van der Waals surface area contributed by atoms with E-state index in [9.17, 15) is 9.59 Å². The first-order valence-corrected chi connectivity index (χ1v) is 8.49. The highest BCUT2D eigenvalue weighted by molar-refractivity contribution is 5.98. The summed E-state index contributed by atoms with van der Waals surface area (Å²) < 4.78 is 5.27. The topological polar surface area (TPSA) is 88.3 Å². The van der Waals surface area contributed by atoms with Gasteiger partial charge in [0.15, 0.2) is 0 Å². The van der Waals surface area contributed by atoms with Gasteiger partial charge in [0, 0.05) is 30.6 Å². The van der Waals surface area contributed by atoms with Crippen LogP contribution in [0.4, 0.5) is 0 Å². The van der Waals surface area contributed by atoms with E-state index in [4.69, 9.17) is 4.52 Å². The van der Waals surface area contributed by atoms with Gasteiger partial charge in [0.25, 0.3) is 5.91 Å². The Kier molecular flexibility index (Phi) is 4.83. The van der Waals surface area contributed by atoms with Crippen molar-refractivity contribution in [1.82, 2.24) is 20.4 Å². The molecule has 7 heteroatoms. The molecule has 1 fully saturated rings. The molecule has 0 spiro atoms. The maximum absolute atomic E-state index is 12.4. The van der Waals surface area contributed by atoms with Gasteiger partial charge in [-0.3, -0.25) is 9.59 Å². The number of nitrogens with one attached hydrogen (secondary N) is 1. The van der Waals surface area contributed by atoms with Gasteiger partial charge in [-0.1, -0.05) is 17.3 Å². The number of nitrogens with zero attached hydrogens (tertiary/aromatic N) is 3. The van der Waals surface area contributed by atoms with Crippen LogP contribution >= 0.6 is 0 Å². The van der Waals surface area contributed by atoms with Gasteiger partial charge in [0.05, 0.1) is 0 Å². The van der Waals surface area contributed by atoms with Crippen LogP contribution in [0.3, 0.4) is 0 Å². The van der Waals surface area contributed by atoms with Crippen LogP contribution in [0.2, 0.25) is 0 Å². The lowest BCUT2D eigenvalue weighted by Gasteiger charge is -2.20. The number of hydrogen-bond donors (Lipinski definition) is 1. The average molecular weight is 342 g/mol. The zero-order chi connectivity index (χ0) is 18.0. The van der Waals surface area contributed by atoms with Gasteiger partial charge in [0.2, 0.25) is 17.6 Å². The van der Waals surface area contributed by atoms with Crippen molar-refractivity contribution in [3.05, 3.63) is 35.7 Å². The molecule has 0 unspecified atom stereocenters. The average Bonchev–Trinajstić information content (AvgIpc) is 3.37. The number of rotatable bonds is 6. The third-order valence-corrected chi connectivity index (χ3v) is 4.32. The van der Waals surface area contributed by atoms with Crippen molar-refractivity contribution in [1.29, 1.82) is 0 Å². The van der Waals surface area contributed by atoms with E-state index < -0.39 is 6.04 Å².